The SMILES string of the molecule is C=CCN1CCC2(c3cccc(O)c3)CC(N(C)C(=O)c3ccccc3)CCC2C1. The molecule has 158 valence electrons. The molecule has 2 aromatic carbocycles. The van der Waals surface area contributed by atoms with Crippen LogP contribution in [0.2, 0.25) is 0 Å². The zero-order chi connectivity index (χ0) is 21.1. The van der Waals surface area contributed by atoms with E-state index in [0.717, 1.165) is 50.9 Å². The summed E-state index contributed by atoms with van der Waals surface area (Å²) in [7, 11) is 1.95. The van der Waals surface area contributed by atoms with Crippen LogP contribution < -0.4 is 0 Å². The van der Waals surface area contributed by atoms with Gasteiger partial charge in [-0.3, -0.25) is 9.69 Å². The van der Waals surface area contributed by atoms with Gasteiger partial charge < -0.3 is 10.0 Å². The Bertz CT molecular complexity index is 897. The molecule has 0 spiro atoms. The van der Waals surface area contributed by atoms with Crippen LogP contribution in [0.3, 0.4) is 0 Å². The van der Waals surface area contributed by atoms with E-state index in [1.165, 1.54) is 5.56 Å². The van der Waals surface area contributed by atoms with Gasteiger partial charge in [-0.25, -0.2) is 0 Å². The van der Waals surface area contributed by atoms with Gasteiger partial charge in [-0.05, 0) is 68.0 Å². The normalized spacial score (nSPS) is 26.6. The highest BCUT2D eigenvalue weighted by Crippen LogP contribution is 2.50. The van der Waals surface area contributed by atoms with Crippen LogP contribution in [0.5, 0.6) is 5.75 Å². The van der Waals surface area contributed by atoms with Gasteiger partial charge in [-0.2, -0.15) is 0 Å². The second-order valence-electron chi connectivity index (χ2n) is 8.92. The van der Waals surface area contributed by atoms with Crippen LogP contribution in [-0.2, 0) is 5.41 Å². The second-order valence-corrected chi connectivity index (χ2v) is 8.92. The van der Waals surface area contributed by atoms with Crippen LogP contribution in [0.4, 0.5) is 0 Å². The van der Waals surface area contributed by atoms with E-state index in [1.807, 2.05) is 60.5 Å². The van der Waals surface area contributed by atoms with E-state index >= 15 is 0 Å². The minimum atomic E-state index is -0.00937. The molecule has 1 aliphatic carbocycles. The standard InChI is InChI=1S/C26H32N2O2/c1-3-15-28-16-14-26(21-10-7-11-24(29)17-21)18-23(13-12-22(26)19-28)27(2)25(30)20-8-5-4-6-9-20/h3-11,17,22-23,29H,1,12-16,18-19H2,2H3. The van der Waals surface area contributed by atoms with Crippen molar-refractivity contribution in [1.82, 2.24) is 9.80 Å². The molecule has 1 saturated carbocycles. The minimum Gasteiger partial charge on any atom is -0.508 e. The van der Waals surface area contributed by atoms with Crippen molar-refractivity contribution in [2.45, 2.75) is 37.1 Å². The summed E-state index contributed by atoms with van der Waals surface area (Å²) in [6, 6.07) is 17.6. The molecule has 3 unspecified atom stereocenters. The molecule has 2 aliphatic rings. The number of piperidine rings is 1. The van der Waals surface area contributed by atoms with Gasteiger partial charge in [0.15, 0.2) is 0 Å². The monoisotopic (exact) mass is 404 g/mol. The number of carbonyl (C=O) groups excluding carboxylic acids is 1. The van der Waals surface area contributed by atoms with Gasteiger partial charge >= 0.3 is 0 Å². The highest BCUT2D eigenvalue weighted by atomic mass is 16.3. The number of benzene rings is 2. The number of hydrogen-bond acceptors (Lipinski definition) is 3. The molecule has 0 radical (unpaired) electrons. The topological polar surface area (TPSA) is 43.8 Å². The minimum absolute atomic E-state index is 0.00937. The summed E-state index contributed by atoms with van der Waals surface area (Å²) in [5, 5.41) is 10.2. The maximum atomic E-state index is 13.1. The molecule has 4 rings (SSSR count). The molecule has 1 saturated heterocycles. The van der Waals surface area contributed by atoms with Crippen LogP contribution >= 0.6 is 0 Å². The van der Waals surface area contributed by atoms with Crippen LogP contribution in [0, 0.1) is 5.92 Å². The summed E-state index contributed by atoms with van der Waals surface area (Å²) in [6.45, 7) is 6.89. The number of amides is 1. The molecule has 4 heteroatoms. The van der Waals surface area contributed by atoms with E-state index in [9.17, 15) is 9.90 Å². The zero-order valence-electron chi connectivity index (χ0n) is 17.8. The van der Waals surface area contributed by atoms with E-state index < -0.39 is 0 Å². The molecule has 1 N–H and O–H groups in total. The van der Waals surface area contributed by atoms with E-state index in [4.69, 9.17) is 0 Å². The number of nitrogens with zero attached hydrogens (tertiary/aromatic N) is 2. The predicted molar refractivity (Wildman–Crippen MR) is 121 cm³/mol. The van der Waals surface area contributed by atoms with Gasteiger partial charge in [0.1, 0.15) is 5.75 Å². The van der Waals surface area contributed by atoms with E-state index in [-0.39, 0.29) is 17.4 Å². The third kappa shape index (κ3) is 3.89. The number of phenols is 1. The second kappa shape index (κ2) is 8.65. The molecule has 2 fully saturated rings. The van der Waals surface area contributed by atoms with Crippen molar-refractivity contribution < 1.29 is 9.90 Å². The highest BCUT2D eigenvalue weighted by Gasteiger charge is 2.49. The number of aromatic hydroxyl groups is 1. The molecular formula is C26H32N2O2. The predicted octanol–water partition coefficient (Wildman–Crippen LogP) is 4.46. The maximum absolute atomic E-state index is 13.1. The molecule has 3 atom stereocenters. The summed E-state index contributed by atoms with van der Waals surface area (Å²) >= 11 is 0. The summed E-state index contributed by atoms with van der Waals surface area (Å²) in [4.78, 5) is 17.5. The largest absolute Gasteiger partial charge is 0.508 e. The Morgan fingerprint density at radius 1 is 1.23 bits per heavy atom. The summed E-state index contributed by atoms with van der Waals surface area (Å²) in [6.07, 6.45) is 6.07. The Hall–Kier alpha value is -2.59. The number of likely N-dealkylation sites (tertiary alicyclic amines) is 1. The van der Waals surface area contributed by atoms with Crippen LogP contribution in [-0.4, -0.2) is 53.5 Å². The van der Waals surface area contributed by atoms with Crippen molar-refractivity contribution in [1.29, 1.82) is 0 Å². The van der Waals surface area contributed by atoms with Gasteiger partial charge in [0.05, 0.1) is 0 Å². The average Bonchev–Trinajstić information content (AvgIpc) is 2.78. The summed E-state index contributed by atoms with van der Waals surface area (Å²) < 4.78 is 0. The lowest BCUT2D eigenvalue weighted by Crippen LogP contribution is -2.56. The Balaban J connectivity index is 1.62. The van der Waals surface area contributed by atoms with Gasteiger partial charge in [0, 0.05) is 37.2 Å². The Morgan fingerprint density at radius 3 is 2.77 bits per heavy atom. The van der Waals surface area contributed by atoms with Crippen LogP contribution in [0.1, 0.15) is 41.6 Å². The molecular weight excluding hydrogens is 372 g/mol. The van der Waals surface area contributed by atoms with E-state index in [2.05, 4.69) is 17.5 Å². The van der Waals surface area contributed by atoms with Crippen molar-refractivity contribution in [3.8, 4) is 5.75 Å². The van der Waals surface area contributed by atoms with Crippen molar-refractivity contribution >= 4 is 5.91 Å². The van der Waals surface area contributed by atoms with Gasteiger partial charge in [0.25, 0.3) is 5.91 Å². The lowest BCUT2D eigenvalue weighted by atomic mass is 9.57. The Morgan fingerprint density at radius 2 is 2.03 bits per heavy atom. The first-order chi connectivity index (χ1) is 14.5. The van der Waals surface area contributed by atoms with Gasteiger partial charge in [-0.1, -0.05) is 36.4 Å². The highest BCUT2D eigenvalue weighted by molar-refractivity contribution is 5.94. The fourth-order valence-corrected chi connectivity index (χ4v) is 5.63. The van der Waals surface area contributed by atoms with Gasteiger partial charge in [-0.15, -0.1) is 6.58 Å². The fraction of sp³-hybridized carbons (Fsp3) is 0.423. The number of fused-ring (bicyclic) bond motifs is 1. The van der Waals surface area contributed by atoms with E-state index in [1.54, 1.807) is 6.07 Å². The molecule has 4 nitrogen and oxygen atoms in total. The molecule has 1 amide bonds. The Labute approximate surface area is 179 Å². The molecule has 0 bridgehead atoms. The first-order valence-electron chi connectivity index (χ1n) is 11.0. The average molecular weight is 405 g/mol. The van der Waals surface area contributed by atoms with Crippen LogP contribution in [0.25, 0.3) is 0 Å². The van der Waals surface area contributed by atoms with E-state index in [0.29, 0.717) is 11.7 Å². The molecule has 1 aliphatic heterocycles. The number of carbonyl (C=O) groups is 1. The van der Waals surface area contributed by atoms with Crippen molar-refractivity contribution in [3.05, 3.63) is 78.4 Å². The molecule has 2 aromatic rings. The lowest BCUT2D eigenvalue weighted by molar-refractivity contribution is 0.0221. The molecule has 1 heterocycles. The van der Waals surface area contributed by atoms with Crippen molar-refractivity contribution in [2.75, 3.05) is 26.7 Å². The third-order valence-corrected chi connectivity index (χ3v) is 7.28. The fourth-order valence-electron chi connectivity index (χ4n) is 5.63. The smallest absolute Gasteiger partial charge is 0.253 e. The lowest BCUT2D eigenvalue weighted by Gasteiger charge is -2.54. The zero-order valence-corrected chi connectivity index (χ0v) is 17.8. The Kier molecular flexibility index (Phi) is 5.96. The number of phenolic OH excluding ortho intramolecular Hbond substituents is 1. The molecule has 0 aromatic heterocycles. The maximum Gasteiger partial charge on any atom is 0.253 e. The van der Waals surface area contributed by atoms with Crippen molar-refractivity contribution in [2.24, 2.45) is 5.92 Å². The first kappa shape index (κ1) is 20.7. The molecule has 30 heavy (non-hydrogen) atoms. The first-order valence-corrected chi connectivity index (χ1v) is 11.0. The number of rotatable bonds is 5. The van der Waals surface area contributed by atoms with Crippen molar-refractivity contribution in [3.63, 3.8) is 0 Å². The third-order valence-electron chi connectivity index (χ3n) is 7.28. The number of hydrogen-bond donors (Lipinski definition) is 1. The summed E-state index contributed by atoms with van der Waals surface area (Å²) in [5.41, 5.74) is 1.95. The van der Waals surface area contributed by atoms with Crippen LogP contribution in [0.15, 0.2) is 67.3 Å². The summed E-state index contributed by atoms with van der Waals surface area (Å²) in [5.74, 6) is 0.934. The van der Waals surface area contributed by atoms with Gasteiger partial charge in [0.2, 0.25) is 0 Å². The quantitative estimate of drug-likeness (QED) is 0.748.